The first kappa shape index (κ1) is 28.0. The number of methoxy groups -OCH3 is 1. The number of pyridine rings is 1. The lowest BCUT2D eigenvalue weighted by molar-refractivity contribution is -0.0589. The van der Waals surface area contributed by atoms with Gasteiger partial charge in [-0.3, -0.25) is 0 Å². The topological polar surface area (TPSA) is 99.3 Å². The van der Waals surface area contributed by atoms with E-state index in [4.69, 9.17) is 24.5 Å². The van der Waals surface area contributed by atoms with Crippen molar-refractivity contribution in [2.75, 3.05) is 13.7 Å². The summed E-state index contributed by atoms with van der Waals surface area (Å²) in [6, 6.07) is 21.2. The Morgan fingerprint density at radius 2 is 1.93 bits per heavy atom. The predicted molar refractivity (Wildman–Crippen MR) is 153 cm³/mol. The first-order valence-corrected chi connectivity index (χ1v) is 13.7. The van der Waals surface area contributed by atoms with Crippen molar-refractivity contribution >= 4 is 17.0 Å². The highest BCUT2D eigenvalue weighted by atomic mass is 19.1. The van der Waals surface area contributed by atoms with Crippen LogP contribution in [-0.4, -0.2) is 40.3 Å². The van der Waals surface area contributed by atoms with E-state index in [0.717, 1.165) is 29.3 Å². The van der Waals surface area contributed by atoms with Crippen molar-refractivity contribution in [1.82, 2.24) is 14.5 Å². The number of carbonyl (C=O) groups is 1. The molecule has 0 aliphatic carbocycles. The third-order valence-electron chi connectivity index (χ3n) is 7.38. The molecular weight excluding hydrogens is 554 g/mol. The van der Waals surface area contributed by atoms with Gasteiger partial charge in [0.25, 0.3) is 0 Å². The van der Waals surface area contributed by atoms with E-state index in [-0.39, 0.29) is 35.3 Å². The largest absolute Gasteiger partial charge is 0.473 e. The summed E-state index contributed by atoms with van der Waals surface area (Å²) in [5.74, 6) is -0.503. The Morgan fingerprint density at radius 3 is 2.65 bits per heavy atom. The van der Waals surface area contributed by atoms with E-state index < -0.39 is 17.6 Å². The van der Waals surface area contributed by atoms with Crippen LogP contribution in [0.15, 0.2) is 72.8 Å². The number of fused-ring (bicyclic) bond motifs is 1. The van der Waals surface area contributed by atoms with Crippen LogP contribution >= 0.6 is 0 Å². The summed E-state index contributed by atoms with van der Waals surface area (Å²) < 4.78 is 47.9. The van der Waals surface area contributed by atoms with Gasteiger partial charge in [0.1, 0.15) is 24.1 Å². The Morgan fingerprint density at radius 1 is 1.07 bits per heavy atom. The maximum Gasteiger partial charge on any atom is 0.337 e. The van der Waals surface area contributed by atoms with E-state index in [1.54, 1.807) is 42.5 Å². The molecule has 0 bridgehead atoms. The number of carbonyl (C=O) groups excluding carboxylic acids is 1. The van der Waals surface area contributed by atoms with Crippen LogP contribution in [0.1, 0.15) is 39.3 Å². The number of rotatable bonds is 9. The summed E-state index contributed by atoms with van der Waals surface area (Å²) in [4.78, 5) is 21.3. The Labute approximate surface area is 246 Å². The number of ether oxygens (including phenoxy) is 3. The summed E-state index contributed by atoms with van der Waals surface area (Å²) in [6.07, 6.45) is 1.34. The molecule has 1 aliphatic rings. The average molecular weight is 581 g/mol. The standard InChI is InChI=1S/C33H26F2N4O4/c1-41-33(40)22-8-10-29-30(16-22)39(18-24-11-12-42-24)31(37-29)15-20-6-9-25(27(35)13-20)28-3-2-4-32(38-28)43-19-23-7-5-21(17-36)14-26(23)34/h2-10,13-14,16,24H,11-12,15,18-19H2,1H3/t24-/m0/s1. The Hall–Kier alpha value is -5.14. The third kappa shape index (κ3) is 5.94. The van der Waals surface area contributed by atoms with Crippen molar-refractivity contribution in [3.63, 3.8) is 0 Å². The number of nitrogens with zero attached hydrogens (tertiary/aromatic N) is 4. The second kappa shape index (κ2) is 12.0. The molecule has 1 aliphatic heterocycles. The van der Waals surface area contributed by atoms with E-state index in [1.807, 2.05) is 16.7 Å². The van der Waals surface area contributed by atoms with Gasteiger partial charge in [0.15, 0.2) is 0 Å². The lowest BCUT2D eigenvalue weighted by Crippen LogP contribution is -2.31. The maximum absolute atomic E-state index is 15.4. The van der Waals surface area contributed by atoms with Crippen molar-refractivity contribution in [2.24, 2.45) is 0 Å². The maximum atomic E-state index is 15.4. The van der Waals surface area contributed by atoms with Gasteiger partial charge in [0.05, 0.1) is 53.7 Å². The molecule has 0 radical (unpaired) electrons. The van der Waals surface area contributed by atoms with Gasteiger partial charge in [-0.15, -0.1) is 0 Å². The lowest BCUT2D eigenvalue weighted by atomic mass is 10.1. The van der Waals surface area contributed by atoms with Gasteiger partial charge in [0, 0.05) is 30.2 Å². The van der Waals surface area contributed by atoms with Crippen molar-refractivity contribution < 1.29 is 27.8 Å². The molecule has 0 N–H and O–H groups in total. The number of imidazole rings is 1. The number of nitriles is 1. The summed E-state index contributed by atoms with van der Waals surface area (Å²) in [5, 5.41) is 8.92. The fourth-order valence-electron chi connectivity index (χ4n) is 4.98. The van der Waals surface area contributed by atoms with Crippen LogP contribution in [0.4, 0.5) is 8.78 Å². The van der Waals surface area contributed by atoms with E-state index >= 15 is 4.39 Å². The molecule has 8 nitrogen and oxygen atoms in total. The monoisotopic (exact) mass is 580 g/mol. The molecule has 3 heterocycles. The minimum absolute atomic E-state index is 0.0472. The number of hydrogen-bond donors (Lipinski definition) is 0. The molecule has 0 amide bonds. The van der Waals surface area contributed by atoms with Gasteiger partial charge in [0.2, 0.25) is 5.88 Å². The molecule has 2 aromatic heterocycles. The van der Waals surface area contributed by atoms with Gasteiger partial charge in [-0.2, -0.15) is 5.26 Å². The van der Waals surface area contributed by atoms with Crippen LogP contribution in [0.2, 0.25) is 0 Å². The molecule has 43 heavy (non-hydrogen) atoms. The SMILES string of the molecule is COC(=O)c1ccc2nc(Cc3ccc(-c4cccc(OCc5ccc(C#N)cc5F)n4)c(F)c3)n(C[C@@H]3CCO3)c2c1. The zero-order chi connectivity index (χ0) is 29.9. The summed E-state index contributed by atoms with van der Waals surface area (Å²) in [6.45, 7) is 1.18. The van der Waals surface area contributed by atoms with Crippen LogP contribution in [0.5, 0.6) is 5.88 Å². The number of esters is 1. The molecule has 3 aromatic carbocycles. The van der Waals surface area contributed by atoms with Crippen LogP contribution in [0.3, 0.4) is 0 Å². The van der Waals surface area contributed by atoms with Crippen LogP contribution in [0, 0.1) is 23.0 Å². The second-order valence-electron chi connectivity index (χ2n) is 10.2. The van der Waals surface area contributed by atoms with Crippen molar-refractivity contribution in [1.29, 1.82) is 5.26 Å². The Kier molecular flexibility index (Phi) is 7.81. The normalized spacial score (nSPS) is 14.2. The van der Waals surface area contributed by atoms with E-state index in [1.165, 1.54) is 25.3 Å². The molecule has 0 saturated carbocycles. The predicted octanol–water partition coefficient (Wildman–Crippen LogP) is 5.99. The van der Waals surface area contributed by atoms with Gasteiger partial charge < -0.3 is 18.8 Å². The lowest BCUT2D eigenvalue weighted by Gasteiger charge is -2.27. The zero-order valence-electron chi connectivity index (χ0n) is 23.2. The number of benzene rings is 3. The highest BCUT2D eigenvalue weighted by molar-refractivity contribution is 5.93. The molecule has 6 rings (SSSR count). The molecular formula is C33H26F2N4O4. The van der Waals surface area contributed by atoms with Crippen LogP contribution in [0.25, 0.3) is 22.3 Å². The first-order valence-electron chi connectivity index (χ1n) is 13.7. The Bertz CT molecular complexity index is 1880. The fourth-order valence-corrected chi connectivity index (χ4v) is 4.98. The van der Waals surface area contributed by atoms with Gasteiger partial charge in [-0.05, 0) is 60.5 Å². The van der Waals surface area contributed by atoms with Gasteiger partial charge in [-0.25, -0.2) is 23.5 Å². The van der Waals surface area contributed by atoms with Crippen LogP contribution in [-0.2, 0) is 29.0 Å². The van der Waals surface area contributed by atoms with Gasteiger partial charge >= 0.3 is 5.97 Å². The molecule has 1 atom stereocenters. The number of hydrogen-bond acceptors (Lipinski definition) is 7. The summed E-state index contributed by atoms with van der Waals surface area (Å²) in [5.41, 5.74) is 3.80. The number of halogens is 2. The van der Waals surface area contributed by atoms with E-state index in [0.29, 0.717) is 36.4 Å². The average Bonchev–Trinajstić information content (AvgIpc) is 3.33. The van der Waals surface area contributed by atoms with Crippen molar-refractivity contribution in [3.05, 3.63) is 113 Å². The smallest absolute Gasteiger partial charge is 0.337 e. The molecule has 0 spiro atoms. The highest BCUT2D eigenvalue weighted by Gasteiger charge is 2.23. The minimum Gasteiger partial charge on any atom is -0.473 e. The van der Waals surface area contributed by atoms with Gasteiger partial charge in [-0.1, -0.05) is 18.2 Å². The molecule has 10 heteroatoms. The molecule has 1 saturated heterocycles. The first-order chi connectivity index (χ1) is 20.9. The molecule has 216 valence electrons. The zero-order valence-corrected chi connectivity index (χ0v) is 23.2. The molecule has 0 unspecified atom stereocenters. The van der Waals surface area contributed by atoms with Crippen LogP contribution < -0.4 is 4.74 Å². The van der Waals surface area contributed by atoms with E-state index in [2.05, 4.69) is 4.98 Å². The Balaban J connectivity index is 1.23. The molecule has 1 fully saturated rings. The summed E-state index contributed by atoms with van der Waals surface area (Å²) >= 11 is 0. The fraction of sp³-hybridized carbons (Fsp3) is 0.212. The third-order valence-corrected chi connectivity index (χ3v) is 7.38. The second-order valence-corrected chi connectivity index (χ2v) is 10.2. The number of aromatic nitrogens is 3. The highest BCUT2D eigenvalue weighted by Crippen LogP contribution is 2.27. The minimum atomic E-state index is -0.547. The molecule has 5 aromatic rings. The summed E-state index contributed by atoms with van der Waals surface area (Å²) in [7, 11) is 1.34. The van der Waals surface area contributed by atoms with E-state index in [9.17, 15) is 9.18 Å². The van der Waals surface area contributed by atoms with Crippen molar-refractivity contribution in [2.45, 2.75) is 32.1 Å². The van der Waals surface area contributed by atoms with Crippen molar-refractivity contribution in [3.8, 4) is 23.2 Å². The quantitative estimate of drug-likeness (QED) is 0.197.